The number of hydrogen-bond acceptors (Lipinski definition) is 3. The van der Waals surface area contributed by atoms with E-state index >= 15 is 0 Å². The lowest BCUT2D eigenvalue weighted by Gasteiger charge is -2.36. The van der Waals surface area contributed by atoms with Crippen LogP contribution in [0.2, 0.25) is 0 Å². The van der Waals surface area contributed by atoms with Gasteiger partial charge in [0, 0.05) is 37.6 Å². The molecule has 4 nitrogen and oxygen atoms in total. The van der Waals surface area contributed by atoms with Gasteiger partial charge in [-0.1, -0.05) is 26.0 Å². The molecule has 0 bridgehead atoms. The molecule has 1 aliphatic rings. The number of nitrogens with zero attached hydrogens (tertiary/aromatic N) is 2. The van der Waals surface area contributed by atoms with E-state index in [1.165, 1.54) is 5.56 Å². The Bertz CT molecular complexity index is 544. The van der Waals surface area contributed by atoms with Gasteiger partial charge in [-0.05, 0) is 29.5 Å². The summed E-state index contributed by atoms with van der Waals surface area (Å²) in [6, 6.07) is 8.00. The fourth-order valence-corrected chi connectivity index (χ4v) is 4.22. The fraction of sp³-hybridized carbons (Fsp3) is 0.562. The predicted molar refractivity (Wildman–Crippen MR) is 89.2 cm³/mol. The first-order valence-electron chi connectivity index (χ1n) is 7.50. The van der Waals surface area contributed by atoms with Gasteiger partial charge in [0.25, 0.3) is 0 Å². The molecule has 5 heteroatoms. The molecule has 1 aromatic carbocycles. The maximum Gasteiger partial charge on any atom is 0.0559 e. The number of benzene rings is 1. The molecule has 0 saturated carbocycles. The van der Waals surface area contributed by atoms with Crippen molar-refractivity contribution in [3.8, 4) is 0 Å². The first kappa shape index (κ1) is 16.5. The molecule has 0 amide bonds. The number of piperazine rings is 1. The SMILES string of the molecule is C=S(=O)(c1ccc(C(C)C)cc1)N1CCN(CCO)CC1. The molecule has 2 rings (SSSR count). The highest BCUT2D eigenvalue weighted by molar-refractivity contribution is 7.98. The minimum Gasteiger partial charge on any atom is -0.395 e. The van der Waals surface area contributed by atoms with Gasteiger partial charge in [-0.3, -0.25) is 4.90 Å². The van der Waals surface area contributed by atoms with Crippen LogP contribution in [0.4, 0.5) is 0 Å². The van der Waals surface area contributed by atoms with Crippen molar-refractivity contribution < 1.29 is 9.32 Å². The number of hydrogen-bond donors (Lipinski definition) is 1. The largest absolute Gasteiger partial charge is 0.395 e. The van der Waals surface area contributed by atoms with Gasteiger partial charge in [0.15, 0.2) is 0 Å². The average Bonchev–Trinajstić information content (AvgIpc) is 2.48. The normalized spacial score (nSPS) is 20.6. The van der Waals surface area contributed by atoms with Gasteiger partial charge in [-0.2, -0.15) is 0 Å². The third-order valence-corrected chi connectivity index (χ3v) is 6.29. The third-order valence-electron chi connectivity index (χ3n) is 4.08. The molecular weight excluding hydrogens is 284 g/mol. The monoisotopic (exact) mass is 310 g/mol. The van der Waals surface area contributed by atoms with Gasteiger partial charge in [0.2, 0.25) is 0 Å². The molecule has 1 unspecified atom stereocenters. The van der Waals surface area contributed by atoms with E-state index < -0.39 is 9.71 Å². The van der Waals surface area contributed by atoms with Crippen molar-refractivity contribution in [2.24, 2.45) is 0 Å². The van der Waals surface area contributed by atoms with Crippen LogP contribution in [0.5, 0.6) is 0 Å². The number of aliphatic hydroxyl groups is 1. The van der Waals surface area contributed by atoms with Gasteiger partial charge in [0.05, 0.1) is 16.3 Å². The van der Waals surface area contributed by atoms with E-state index in [1.54, 1.807) is 0 Å². The standard InChI is InChI=1S/C16H26N2O2S/c1-14(2)15-4-6-16(7-5-15)21(3,20)18-10-8-17(9-11-18)12-13-19/h4-7,14,19H,3,8-13H2,1-2H3. The Labute approximate surface area is 128 Å². The van der Waals surface area contributed by atoms with E-state index in [2.05, 4.69) is 24.6 Å². The first-order chi connectivity index (χ1) is 9.95. The summed E-state index contributed by atoms with van der Waals surface area (Å²) in [5.74, 6) is 4.47. The average molecular weight is 310 g/mol. The summed E-state index contributed by atoms with van der Waals surface area (Å²) >= 11 is 0. The van der Waals surface area contributed by atoms with Crippen molar-refractivity contribution >= 4 is 15.6 Å². The summed E-state index contributed by atoms with van der Waals surface area (Å²) < 4.78 is 15.0. The highest BCUT2D eigenvalue weighted by Gasteiger charge is 2.23. The second-order valence-electron chi connectivity index (χ2n) is 5.86. The molecule has 1 saturated heterocycles. The summed E-state index contributed by atoms with van der Waals surface area (Å²) in [7, 11) is -2.40. The maximum absolute atomic E-state index is 13.0. The highest BCUT2D eigenvalue weighted by atomic mass is 32.2. The lowest BCUT2D eigenvalue weighted by molar-refractivity contribution is 0.153. The number of aliphatic hydroxyl groups excluding tert-OH is 1. The third kappa shape index (κ3) is 3.86. The van der Waals surface area contributed by atoms with E-state index in [-0.39, 0.29) is 6.61 Å². The fourth-order valence-electron chi connectivity index (χ4n) is 2.60. The van der Waals surface area contributed by atoms with Crippen molar-refractivity contribution in [1.29, 1.82) is 0 Å². The minimum absolute atomic E-state index is 0.177. The lowest BCUT2D eigenvalue weighted by Crippen LogP contribution is -2.49. The smallest absolute Gasteiger partial charge is 0.0559 e. The molecule has 0 spiro atoms. The number of β-amino-alcohol motifs (C(OH)–C–C–N with tert-alkyl or cyclic N) is 1. The Morgan fingerprint density at radius 3 is 2.24 bits per heavy atom. The Morgan fingerprint density at radius 1 is 1.19 bits per heavy atom. The molecule has 0 aromatic heterocycles. The molecule has 1 aromatic rings. The second kappa shape index (κ2) is 6.92. The molecular formula is C16H26N2O2S. The summed E-state index contributed by atoms with van der Waals surface area (Å²) in [6.45, 7) is 8.29. The van der Waals surface area contributed by atoms with Crippen molar-refractivity contribution in [1.82, 2.24) is 9.21 Å². The van der Waals surface area contributed by atoms with Crippen molar-refractivity contribution in [3.63, 3.8) is 0 Å². The van der Waals surface area contributed by atoms with E-state index in [0.29, 0.717) is 12.5 Å². The minimum atomic E-state index is -2.40. The van der Waals surface area contributed by atoms with E-state index in [1.807, 2.05) is 28.6 Å². The second-order valence-corrected chi connectivity index (χ2v) is 8.13. The summed E-state index contributed by atoms with van der Waals surface area (Å²) in [5.41, 5.74) is 1.25. The Kier molecular flexibility index (Phi) is 5.43. The molecule has 0 aliphatic carbocycles. The van der Waals surface area contributed by atoms with Crippen molar-refractivity contribution in [2.75, 3.05) is 39.3 Å². The van der Waals surface area contributed by atoms with Crippen LogP contribution in [0.15, 0.2) is 29.2 Å². The topological polar surface area (TPSA) is 43.8 Å². The zero-order valence-electron chi connectivity index (χ0n) is 13.0. The van der Waals surface area contributed by atoms with Crippen LogP contribution in [-0.2, 0) is 9.71 Å². The van der Waals surface area contributed by atoms with E-state index in [4.69, 9.17) is 5.11 Å². The molecule has 118 valence electrons. The van der Waals surface area contributed by atoms with Crippen LogP contribution < -0.4 is 0 Å². The van der Waals surface area contributed by atoms with Crippen LogP contribution in [0, 0.1) is 0 Å². The van der Waals surface area contributed by atoms with Crippen LogP contribution in [0.25, 0.3) is 0 Å². The van der Waals surface area contributed by atoms with E-state index in [9.17, 15) is 4.21 Å². The lowest BCUT2D eigenvalue weighted by atomic mass is 10.0. The van der Waals surface area contributed by atoms with Gasteiger partial charge >= 0.3 is 0 Å². The highest BCUT2D eigenvalue weighted by Crippen LogP contribution is 2.21. The summed E-state index contributed by atoms with van der Waals surface area (Å²) in [6.07, 6.45) is 0. The van der Waals surface area contributed by atoms with Crippen molar-refractivity contribution in [2.45, 2.75) is 24.7 Å². The quantitative estimate of drug-likeness (QED) is 0.836. The molecule has 1 heterocycles. The Hall–Kier alpha value is -0.880. The molecule has 1 atom stereocenters. The van der Waals surface area contributed by atoms with Gasteiger partial charge in [0.1, 0.15) is 0 Å². The van der Waals surface area contributed by atoms with Crippen LogP contribution in [0.1, 0.15) is 25.3 Å². The summed E-state index contributed by atoms with van der Waals surface area (Å²) in [5, 5.41) is 8.97. The van der Waals surface area contributed by atoms with Crippen LogP contribution in [0.3, 0.4) is 0 Å². The zero-order valence-corrected chi connectivity index (χ0v) is 13.8. The number of rotatable bonds is 5. The molecule has 1 fully saturated rings. The van der Waals surface area contributed by atoms with Crippen LogP contribution >= 0.6 is 0 Å². The Morgan fingerprint density at radius 2 is 1.76 bits per heavy atom. The maximum atomic E-state index is 13.0. The molecule has 1 aliphatic heterocycles. The van der Waals surface area contributed by atoms with Gasteiger partial charge in [-0.25, -0.2) is 8.51 Å². The molecule has 21 heavy (non-hydrogen) atoms. The summed E-state index contributed by atoms with van der Waals surface area (Å²) in [4.78, 5) is 3.00. The predicted octanol–water partition coefficient (Wildman–Crippen LogP) is 1.41. The molecule has 1 N–H and O–H groups in total. The first-order valence-corrected chi connectivity index (χ1v) is 9.19. The zero-order chi connectivity index (χ0) is 15.5. The van der Waals surface area contributed by atoms with Gasteiger partial charge in [-0.15, -0.1) is 0 Å². The Balaban J connectivity index is 2.08. The van der Waals surface area contributed by atoms with Crippen molar-refractivity contribution in [3.05, 3.63) is 29.8 Å². The van der Waals surface area contributed by atoms with Gasteiger partial charge < -0.3 is 5.11 Å². The van der Waals surface area contributed by atoms with E-state index in [0.717, 1.165) is 31.1 Å². The van der Waals surface area contributed by atoms with Crippen LogP contribution in [-0.4, -0.2) is 63.7 Å². The molecule has 0 radical (unpaired) electrons.